The van der Waals surface area contributed by atoms with Crippen molar-refractivity contribution in [2.45, 2.75) is 31.9 Å². The Kier molecular flexibility index (Phi) is 5.20. The second-order valence-corrected chi connectivity index (χ2v) is 6.81. The van der Waals surface area contributed by atoms with E-state index in [-0.39, 0.29) is 0 Å². The SMILES string of the molecule is Cc1cc(N(C)C2CCN(CC(O)c3cscn3)CC2)ncn1. The van der Waals surface area contributed by atoms with E-state index in [1.165, 1.54) is 11.3 Å². The van der Waals surface area contributed by atoms with Crippen LogP contribution in [0.15, 0.2) is 23.3 Å². The van der Waals surface area contributed by atoms with Crippen molar-refractivity contribution in [3.05, 3.63) is 34.7 Å². The van der Waals surface area contributed by atoms with Crippen LogP contribution >= 0.6 is 11.3 Å². The highest BCUT2D eigenvalue weighted by Gasteiger charge is 2.25. The molecular formula is C16H23N5OS. The molecule has 1 fully saturated rings. The minimum absolute atomic E-state index is 0.483. The number of hydrogen-bond donors (Lipinski definition) is 1. The molecule has 1 aliphatic heterocycles. The summed E-state index contributed by atoms with van der Waals surface area (Å²) >= 11 is 1.52. The van der Waals surface area contributed by atoms with Gasteiger partial charge in [-0.1, -0.05) is 0 Å². The van der Waals surface area contributed by atoms with Crippen LogP contribution in [0.5, 0.6) is 0 Å². The Labute approximate surface area is 140 Å². The number of nitrogens with zero attached hydrogens (tertiary/aromatic N) is 5. The van der Waals surface area contributed by atoms with Crippen LogP contribution in [-0.2, 0) is 0 Å². The summed E-state index contributed by atoms with van der Waals surface area (Å²) in [6, 6.07) is 2.51. The molecular weight excluding hydrogens is 310 g/mol. The highest BCUT2D eigenvalue weighted by atomic mass is 32.1. The van der Waals surface area contributed by atoms with Crippen LogP contribution in [0.3, 0.4) is 0 Å². The van der Waals surface area contributed by atoms with Crippen molar-refractivity contribution < 1.29 is 5.11 Å². The van der Waals surface area contributed by atoms with Crippen LogP contribution in [0.25, 0.3) is 0 Å². The molecule has 2 aromatic rings. The number of aliphatic hydroxyl groups excluding tert-OH is 1. The van der Waals surface area contributed by atoms with Gasteiger partial charge in [0.05, 0.1) is 11.2 Å². The number of aromatic nitrogens is 3. The zero-order valence-corrected chi connectivity index (χ0v) is 14.4. The average Bonchev–Trinajstić information content (AvgIpc) is 3.09. The molecule has 0 radical (unpaired) electrons. The molecule has 1 aliphatic rings. The Hall–Kier alpha value is -1.57. The van der Waals surface area contributed by atoms with E-state index in [1.807, 2.05) is 18.4 Å². The molecule has 0 saturated carbocycles. The smallest absolute Gasteiger partial charge is 0.132 e. The predicted octanol–water partition coefficient (Wildman–Crippen LogP) is 1.88. The molecule has 1 N–H and O–H groups in total. The lowest BCUT2D eigenvalue weighted by Crippen LogP contribution is -2.44. The summed E-state index contributed by atoms with van der Waals surface area (Å²) < 4.78 is 0. The van der Waals surface area contributed by atoms with E-state index < -0.39 is 6.10 Å². The number of hydrogen-bond acceptors (Lipinski definition) is 7. The average molecular weight is 333 g/mol. The summed E-state index contributed by atoms with van der Waals surface area (Å²) in [5, 5.41) is 12.1. The third-order valence-corrected chi connectivity index (χ3v) is 5.08. The summed E-state index contributed by atoms with van der Waals surface area (Å²) in [7, 11) is 2.10. The van der Waals surface area contributed by atoms with Gasteiger partial charge in [0, 0.05) is 49.9 Å². The highest BCUT2D eigenvalue weighted by Crippen LogP contribution is 2.22. The van der Waals surface area contributed by atoms with Gasteiger partial charge in [-0.2, -0.15) is 0 Å². The van der Waals surface area contributed by atoms with Crippen molar-refractivity contribution in [1.82, 2.24) is 19.9 Å². The van der Waals surface area contributed by atoms with Crippen molar-refractivity contribution in [3.63, 3.8) is 0 Å². The van der Waals surface area contributed by atoms with Crippen LogP contribution in [0.4, 0.5) is 5.82 Å². The van der Waals surface area contributed by atoms with Crippen LogP contribution in [0.1, 0.15) is 30.3 Å². The molecule has 0 bridgehead atoms. The molecule has 1 unspecified atom stereocenters. The normalized spacial score (nSPS) is 18.0. The van der Waals surface area contributed by atoms with E-state index in [0.717, 1.165) is 43.1 Å². The number of aliphatic hydroxyl groups is 1. The van der Waals surface area contributed by atoms with Gasteiger partial charge < -0.3 is 14.9 Å². The van der Waals surface area contributed by atoms with Gasteiger partial charge in [-0.15, -0.1) is 11.3 Å². The molecule has 0 aromatic carbocycles. The summed E-state index contributed by atoms with van der Waals surface area (Å²) in [5.74, 6) is 0.985. The van der Waals surface area contributed by atoms with Gasteiger partial charge in [-0.05, 0) is 19.8 Å². The maximum atomic E-state index is 10.2. The number of thiazole rings is 1. The highest BCUT2D eigenvalue weighted by molar-refractivity contribution is 7.07. The van der Waals surface area contributed by atoms with Crippen LogP contribution < -0.4 is 4.90 Å². The van der Waals surface area contributed by atoms with Gasteiger partial charge in [-0.3, -0.25) is 0 Å². The molecule has 2 aromatic heterocycles. The lowest BCUT2D eigenvalue weighted by atomic mass is 10.0. The molecule has 0 amide bonds. The van der Waals surface area contributed by atoms with Crippen molar-refractivity contribution in [2.75, 3.05) is 31.6 Å². The van der Waals surface area contributed by atoms with Crippen molar-refractivity contribution in [2.24, 2.45) is 0 Å². The standard InChI is InChI=1S/C16H23N5OS/c1-12-7-16(18-10-17-12)20(2)13-3-5-21(6-4-13)8-15(22)14-9-23-11-19-14/h7,9-11,13,15,22H,3-6,8H2,1-2H3. The van der Waals surface area contributed by atoms with E-state index in [4.69, 9.17) is 0 Å². The Morgan fingerprint density at radius 3 is 2.78 bits per heavy atom. The predicted molar refractivity (Wildman–Crippen MR) is 91.7 cm³/mol. The molecule has 7 heteroatoms. The minimum atomic E-state index is -0.486. The third kappa shape index (κ3) is 4.04. The van der Waals surface area contributed by atoms with Gasteiger partial charge in [0.1, 0.15) is 18.2 Å². The first kappa shape index (κ1) is 16.3. The number of likely N-dealkylation sites (tertiary alicyclic amines) is 1. The summed E-state index contributed by atoms with van der Waals surface area (Å²) in [6.45, 7) is 4.62. The Bertz CT molecular complexity index is 613. The van der Waals surface area contributed by atoms with Crippen molar-refractivity contribution in [1.29, 1.82) is 0 Å². The first-order chi connectivity index (χ1) is 11.1. The largest absolute Gasteiger partial charge is 0.385 e. The fraction of sp³-hybridized carbons (Fsp3) is 0.562. The monoisotopic (exact) mass is 333 g/mol. The molecule has 6 nitrogen and oxygen atoms in total. The molecule has 0 aliphatic carbocycles. The molecule has 1 atom stereocenters. The third-order valence-electron chi connectivity index (χ3n) is 4.48. The minimum Gasteiger partial charge on any atom is -0.385 e. The van der Waals surface area contributed by atoms with E-state index >= 15 is 0 Å². The van der Waals surface area contributed by atoms with Gasteiger partial charge in [0.2, 0.25) is 0 Å². The van der Waals surface area contributed by atoms with E-state index in [2.05, 4.69) is 31.8 Å². The maximum Gasteiger partial charge on any atom is 0.132 e. The number of β-amino-alcohol motifs (C(OH)–C–C–N with tert-alkyl or cyclic N) is 1. The van der Waals surface area contributed by atoms with Crippen LogP contribution in [0, 0.1) is 6.92 Å². The Morgan fingerprint density at radius 1 is 1.35 bits per heavy atom. The van der Waals surface area contributed by atoms with E-state index in [0.29, 0.717) is 12.6 Å². The number of piperidine rings is 1. The first-order valence-electron chi connectivity index (χ1n) is 7.93. The van der Waals surface area contributed by atoms with Crippen molar-refractivity contribution >= 4 is 17.2 Å². The quantitative estimate of drug-likeness (QED) is 0.901. The van der Waals surface area contributed by atoms with Crippen LogP contribution in [0.2, 0.25) is 0 Å². The lowest BCUT2D eigenvalue weighted by Gasteiger charge is -2.37. The van der Waals surface area contributed by atoms with Crippen molar-refractivity contribution in [3.8, 4) is 0 Å². The molecule has 23 heavy (non-hydrogen) atoms. The second kappa shape index (κ2) is 7.33. The zero-order chi connectivity index (χ0) is 16.2. The summed E-state index contributed by atoms with van der Waals surface area (Å²) in [4.78, 5) is 17.3. The first-order valence-corrected chi connectivity index (χ1v) is 8.87. The van der Waals surface area contributed by atoms with E-state index in [9.17, 15) is 5.11 Å². The van der Waals surface area contributed by atoms with Gasteiger partial charge >= 0.3 is 0 Å². The molecule has 1 saturated heterocycles. The molecule has 3 heterocycles. The number of aryl methyl sites for hydroxylation is 1. The Morgan fingerprint density at radius 2 is 2.13 bits per heavy atom. The number of rotatable bonds is 5. The molecule has 3 rings (SSSR count). The number of anilines is 1. The fourth-order valence-electron chi connectivity index (χ4n) is 3.03. The van der Waals surface area contributed by atoms with Gasteiger partial charge in [0.15, 0.2) is 0 Å². The zero-order valence-electron chi connectivity index (χ0n) is 13.6. The van der Waals surface area contributed by atoms with Gasteiger partial charge in [0.25, 0.3) is 0 Å². The molecule has 0 spiro atoms. The van der Waals surface area contributed by atoms with Gasteiger partial charge in [-0.25, -0.2) is 15.0 Å². The Balaban J connectivity index is 1.52. The van der Waals surface area contributed by atoms with E-state index in [1.54, 1.807) is 11.8 Å². The second-order valence-electron chi connectivity index (χ2n) is 6.09. The fourth-order valence-corrected chi connectivity index (χ4v) is 3.63. The molecule has 124 valence electrons. The van der Waals surface area contributed by atoms with Crippen LogP contribution in [-0.4, -0.2) is 57.7 Å². The summed E-state index contributed by atoms with van der Waals surface area (Å²) in [6.07, 6.45) is 3.28. The summed E-state index contributed by atoms with van der Waals surface area (Å²) in [5.41, 5.74) is 3.54. The topological polar surface area (TPSA) is 65.4 Å². The lowest BCUT2D eigenvalue weighted by molar-refractivity contribution is 0.0948. The maximum absolute atomic E-state index is 10.2.